The molecule has 1 unspecified atom stereocenters. The van der Waals surface area contributed by atoms with Crippen LogP contribution in [0, 0.1) is 23.3 Å². The molecule has 1 atom stereocenters. The van der Waals surface area contributed by atoms with Crippen LogP contribution in [0.1, 0.15) is 10.4 Å². The summed E-state index contributed by atoms with van der Waals surface area (Å²) in [5.74, 6) is -5.99. The minimum atomic E-state index is -2.17. The fourth-order valence-electron chi connectivity index (χ4n) is 1.69. The summed E-state index contributed by atoms with van der Waals surface area (Å²) in [4.78, 5) is 11.4. The van der Waals surface area contributed by atoms with Crippen molar-refractivity contribution in [2.45, 2.75) is 4.90 Å². The number of carbonyl (C=O) groups excluding carboxylic acids is 1. The highest BCUT2D eigenvalue weighted by Crippen LogP contribution is 2.17. The van der Waals surface area contributed by atoms with Gasteiger partial charge in [-0.2, -0.15) is 0 Å². The molecule has 0 fully saturated rings. The quantitative estimate of drug-likeness (QED) is 0.641. The second kappa shape index (κ2) is 6.17. The Labute approximate surface area is 119 Å². The van der Waals surface area contributed by atoms with Gasteiger partial charge in [-0.25, -0.2) is 17.6 Å². The first-order valence-electron chi connectivity index (χ1n) is 5.71. The summed E-state index contributed by atoms with van der Waals surface area (Å²) < 4.78 is 64.8. The molecule has 0 spiro atoms. The minimum Gasteiger partial charge on any atom is -0.293 e. The van der Waals surface area contributed by atoms with E-state index in [9.17, 15) is 26.6 Å². The van der Waals surface area contributed by atoms with Gasteiger partial charge in [0.05, 0.1) is 27.0 Å². The van der Waals surface area contributed by atoms with Crippen LogP contribution in [0.4, 0.5) is 17.6 Å². The second-order valence-electron chi connectivity index (χ2n) is 4.08. The monoisotopic (exact) mass is 316 g/mol. The lowest BCUT2D eigenvalue weighted by Crippen LogP contribution is -2.15. The molecule has 0 bridgehead atoms. The number of hydrogen-bond acceptors (Lipinski definition) is 2. The molecule has 2 nitrogen and oxygen atoms in total. The molecule has 0 amide bonds. The van der Waals surface area contributed by atoms with Gasteiger partial charge in [0.15, 0.2) is 5.78 Å². The lowest BCUT2D eigenvalue weighted by atomic mass is 10.1. The highest BCUT2D eigenvalue weighted by atomic mass is 32.2. The number of rotatable bonds is 4. The molecule has 2 aromatic rings. The molecule has 0 aliphatic heterocycles. The van der Waals surface area contributed by atoms with Crippen molar-refractivity contribution in [3.8, 4) is 0 Å². The van der Waals surface area contributed by atoms with Gasteiger partial charge in [-0.05, 0) is 24.3 Å². The fraction of sp³-hybridized carbons (Fsp3) is 0.0714. The van der Waals surface area contributed by atoms with E-state index in [1.54, 1.807) is 0 Å². The molecule has 2 aromatic carbocycles. The third-order valence-electron chi connectivity index (χ3n) is 2.64. The van der Waals surface area contributed by atoms with Gasteiger partial charge in [0, 0.05) is 6.07 Å². The van der Waals surface area contributed by atoms with Gasteiger partial charge in [0.1, 0.15) is 23.3 Å². The lowest BCUT2D eigenvalue weighted by Gasteiger charge is -2.05. The molecule has 21 heavy (non-hydrogen) atoms. The number of ketones is 1. The molecular weight excluding hydrogens is 308 g/mol. The van der Waals surface area contributed by atoms with Gasteiger partial charge in [-0.1, -0.05) is 6.07 Å². The first-order chi connectivity index (χ1) is 9.90. The zero-order valence-electron chi connectivity index (χ0n) is 10.4. The van der Waals surface area contributed by atoms with E-state index >= 15 is 0 Å². The van der Waals surface area contributed by atoms with E-state index in [0.717, 1.165) is 30.3 Å². The summed E-state index contributed by atoms with van der Waals surface area (Å²) in [5, 5.41) is 0. The molecule has 0 aliphatic rings. The molecule has 0 aromatic heterocycles. The molecule has 0 heterocycles. The van der Waals surface area contributed by atoms with Crippen molar-refractivity contribution >= 4 is 16.6 Å². The molecule has 0 saturated carbocycles. The topological polar surface area (TPSA) is 34.1 Å². The Balaban J connectivity index is 2.25. The van der Waals surface area contributed by atoms with Crippen molar-refractivity contribution in [2.75, 3.05) is 5.75 Å². The van der Waals surface area contributed by atoms with Crippen LogP contribution in [-0.4, -0.2) is 15.7 Å². The van der Waals surface area contributed by atoms with Crippen LogP contribution in [0.25, 0.3) is 0 Å². The van der Waals surface area contributed by atoms with Gasteiger partial charge in [0.25, 0.3) is 0 Å². The zero-order chi connectivity index (χ0) is 15.6. The van der Waals surface area contributed by atoms with E-state index in [4.69, 9.17) is 0 Å². The lowest BCUT2D eigenvalue weighted by molar-refractivity contribution is 0.101. The van der Waals surface area contributed by atoms with Gasteiger partial charge < -0.3 is 0 Å². The maximum atomic E-state index is 13.4. The van der Waals surface area contributed by atoms with Crippen molar-refractivity contribution in [1.82, 2.24) is 0 Å². The van der Waals surface area contributed by atoms with E-state index < -0.39 is 56.1 Å². The van der Waals surface area contributed by atoms with Crippen molar-refractivity contribution < 1.29 is 26.6 Å². The first-order valence-corrected chi connectivity index (χ1v) is 7.02. The van der Waals surface area contributed by atoms with Crippen LogP contribution in [0.15, 0.2) is 41.3 Å². The van der Waals surface area contributed by atoms with Crippen molar-refractivity contribution in [2.24, 2.45) is 0 Å². The molecule has 7 heteroatoms. The normalized spacial score (nSPS) is 12.2. The molecule has 0 aliphatic carbocycles. The summed E-state index contributed by atoms with van der Waals surface area (Å²) in [5.41, 5.74) is -0.826. The zero-order valence-corrected chi connectivity index (χ0v) is 11.2. The standard InChI is InChI=1S/C14H8F4O2S/c15-8-4-5-13(11(18)6-8)21(20)7-12(19)14-9(16)2-1-3-10(14)17/h1-6H,7H2. The summed E-state index contributed by atoms with van der Waals surface area (Å²) in [6.45, 7) is 0. The molecule has 2 rings (SSSR count). The van der Waals surface area contributed by atoms with Gasteiger partial charge in [-0.3, -0.25) is 9.00 Å². The van der Waals surface area contributed by atoms with E-state index in [2.05, 4.69) is 0 Å². The van der Waals surface area contributed by atoms with Crippen LogP contribution in [0.2, 0.25) is 0 Å². The van der Waals surface area contributed by atoms with Crippen LogP contribution >= 0.6 is 0 Å². The number of hydrogen-bond donors (Lipinski definition) is 0. The maximum Gasteiger partial charge on any atom is 0.181 e. The summed E-state index contributed by atoms with van der Waals surface area (Å²) in [6, 6.07) is 5.17. The summed E-state index contributed by atoms with van der Waals surface area (Å²) in [7, 11) is -2.17. The number of Topliss-reactive ketones (excluding diaryl/α,β-unsaturated/α-hetero) is 1. The maximum absolute atomic E-state index is 13.4. The third-order valence-corrected chi connectivity index (χ3v) is 3.99. The Morgan fingerprint density at radius 2 is 1.57 bits per heavy atom. The Hall–Kier alpha value is -2.02. The summed E-state index contributed by atoms with van der Waals surface area (Å²) >= 11 is 0. The largest absolute Gasteiger partial charge is 0.293 e. The molecule has 110 valence electrons. The van der Waals surface area contributed by atoms with Crippen molar-refractivity contribution in [3.05, 3.63) is 65.2 Å². The molecule has 0 radical (unpaired) electrons. The Kier molecular flexibility index (Phi) is 4.52. The first kappa shape index (κ1) is 15.4. The smallest absolute Gasteiger partial charge is 0.181 e. The van der Waals surface area contributed by atoms with E-state index in [-0.39, 0.29) is 0 Å². The van der Waals surface area contributed by atoms with Crippen LogP contribution < -0.4 is 0 Å². The van der Waals surface area contributed by atoms with Crippen LogP contribution in [-0.2, 0) is 10.8 Å². The average molecular weight is 316 g/mol. The highest BCUT2D eigenvalue weighted by Gasteiger charge is 2.21. The third kappa shape index (κ3) is 3.36. The molecular formula is C14H8F4O2S. The SMILES string of the molecule is O=C(CS(=O)c1ccc(F)cc1F)c1c(F)cccc1F. The van der Waals surface area contributed by atoms with Gasteiger partial charge >= 0.3 is 0 Å². The second-order valence-corrected chi connectivity index (χ2v) is 5.50. The minimum absolute atomic E-state index is 0.401. The van der Waals surface area contributed by atoms with E-state index in [1.807, 2.05) is 0 Å². The van der Waals surface area contributed by atoms with Gasteiger partial charge in [0.2, 0.25) is 0 Å². The Bertz CT molecular complexity index is 711. The van der Waals surface area contributed by atoms with E-state index in [1.165, 1.54) is 0 Å². The van der Waals surface area contributed by atoms with Crippen molar-refractivity contribution in [1.29, 1.82) is 0 Å². The Morgan fingerprint density at radius 1 is 0.952 bits per heavy atom. The predicted octanol–water partition coefficient (Wildman–Crippen LogP) is 3.23. The molecule has 0 saturated heterocycles. The van der Waals surface area contributed by atoms with Gasteiger partial charge in [-0.15, -0.1) is 0 Å². The van der Waals surface area contributed by atoms with Crippen LogP contribution in [0.3, 0.4) is 0 Å². The van der Waals surface area contributed by atoms with Crippen LogP contribution in [0.5, 0.6) is 0 Å². The number of carbonyl (C=O) groups is 1. The van der Waals surface area contributed by atoms with Crippen molar-refractivity contribution in [3.63, 3.8) is 0 Å². The number of halogens is 4. The molecule has 0 N–H and O–H groups in total. The predicted molar refractivity (Wildman–Crippen MR) is 68.3 cm³/mol. The number of benzene rings is 2. The fourth-order valence-corrected chi connectivity index (χ4v) is 2.73. The Morgan fingerprint density at radius 3 is 2.14 bits per heavy atom. The van der Waals surface area contributed by atoms with E-state index in [0.29, 0.717) is 6.07 Å². The highest BCUT2D eigenvalue weighted by molar-refractivity contribution is 7.85. The summed E-state index contributed by atoms with van der Waals surface area (Å²) in [6.07, 6.45) is 0. The average Bonchev–Trinajstić information content (AvgIpc) is 2.37.